The monoisotopic (exact) mass is 253 g/mol. The second-order valence-corrected chi connectivity index (χ2v) is 5.28. The number of pyridine rings is 1. The highest BCUT2D eigenvalue weighted by Crippen LogP contribution is 2.20. The Labute approximate surface area is 114 Å². The molecule has 2 nitrogen and oxygen atoms in total. The molecule has 0 aliphatic carbocycles. The van der Waals surface area contributed by atoms with Gasteiger partial charge in [-0.05, 0) is 29.5 Å². The Bertz CT molecular complexity index is 553. The van der Waals surface area contributed by atoms with E-state index in [-0.39, 0.29) is 5.78 Å². The van der Waals surface area contributed by atoms with Crippen molar-refractivity contribution in [3.05, 3.63) is 53.9 Å². The lowest BCUT2D eigenvalue weighted by Crippen LogP contribution is -1.96. The molecule has 0 aliphatic heterocycles. The van der Waals surface area contributed by atoms with Gasteiger partial charge in [-0.2, -0.15) is 0 Å². The predicted octanol–water partition coefficient (Wildman–Crippen LogP) is 4.15. The van der Waals surface area contributed by atoms with Crippen molar-refractivity contribution in [3.8, 4) is 11.1 Å². The molecule has 1 heterocycles. The molecule has 2 heteroatoms. The molecule has 2 aromatic rings. The van der Waals surface area contributed by atoms with E-state index in [0.717, 1.165) is 17.5 Å². The van der Waals surface area contributed by atoms with Gasteiger partial charge in [0.2, 0.25) is 0 Å². The molecule has 0 radical (unpaired) electrons. The molecule has 0 bridgehead atoms. The third kappa shape index (κ3) is 3.50. The minimum atomic E-state index is -0.00108. The number of hydrogen-bond donors (Lipinski definition) is 0. The van der Waals surface area contributed by atoms with Gasteiger partial charge in [-0.15, -0.1) is 0 Å². The summed E-state index contributed by atoms with van der Waals surface area (Å²) < 4.78 is 0. The van der Waals surface area contributed by atoms with E-state index in [1.54, 1.807) is 12.3 Å². The number of carbonyl (C=O) groups is 1. The van der Waals surface area contributed by atoms with Crippen molar-refractivity contribution in [3.63, 3.8) is 0 Å². The highest BCUT2D eigenvalue weighted by molar-refractivity contribution is 5.92. The van der Waals surface area contributed by atoms with Crippen LogP contribution in [0.2, 0.25) is 0 Å². The summed E-state index contributed by atoms with van der Waals surface area (Å²) in [5.74, 6) is 0.668. The summed E-state index contributed by atoms with van der Waals surface area (Å²) in [5.41, 5.74) is 4.04. The maximum absolute atomic E-state index is 11.2. The number of ketones is 1. The van der Waals surface area contributed by atoms with E-state index < -0.39 is 0 Å². The van der Waals surface area contributed by atoms with E-state index in [9.17, 15) is 4.79 Å². The lowest BCUT2D eigenvalue weighted by Gasteiger charge is -2.07. The van der Waals surface area contributed by atoms with E-state index in [2.05, 4.69) is 43.1 Å². The van der Waals surface area contributed by atoms with Crippen molar-refractivity contribution in [2.75, 3.05) is 0 Å². The Hall–Kier alpha value is -1.96. The Morgan fingerprint density at radius 3 is 2.16 bits per heavy atom. The summed E-state index contributed by atoms with van der Waals surface area (Å²) >= 11 is 0. The smallest absolute Gasteiger partial charge is 0.178 e. The van der Waals surface area contributed by atoms with Gasteiger partial charge in [-0.1, -0.05) is 44.2 Å². The fourth-order valence-corrected chi connectivity index (χ4v) is 2.08. The van der Waals surface area contributed by atoms with Crippen molar-refractivity contribution < 1.29 is 4.79 Å². The number of hydrogen-bond acceptors (Lipinski definition) is 2. The van der Waals surface area contributed by atoms with Crippen LogP contribution in [0.4, 0.5) is 0 Å². The molecule has 0 unspecified atom stereocenters. The first-order valence-electron chi connectivity index (χ1n) is 6.62. The third-order valence-electron chi connectivity index (χ3n) is 3.06. The van der Waals surface area contributed by atoms with E-state index in [0.29, 0.717) is 11.6 Å². The number of aromatic nitrogens is 1. The number of Topliss-reactive ketones (excluding diaryl/α,β-unsaturated/α-hetero) is 1. The summed E-state index contributed by atoms with van der Waals surface area (Å²) in [7, 11) is 0. The van der Waals surface area contributed by atoms with Crippen molar-refractivity contribution in [1.82, 2.24) is 4.98 Å². The minimum Gasteiger partial charge on any atom is -0.293 e. The van der Waals surface area contributed by atoms with Gasteiger partial charge in [0.15, 0.2) is 5.78 Å². The second kappa shape index (κ2) is 5.79. The molecule has 0 saturated carbocycles. The van der Waals surface area contributed by atoms with Gasteiger partial charge in [-0.3, -0.25) is 9.78 Å². The topological polar surface area (TPSA) is 30.0 Å². The fourth-order valence-electron chi connectivity index (χ4n) is 2.08. The van der Waals surface area contributed by atoms with E-state index >= 15 is 0 Å². The van der Waals surface area contributed by atoms with Crippen LogP contribution in [0.15, 0.2) is 42.6 Å². The highest BCUT2D eigenvalue weighted by atomic mass is 16.1. The molecule has 98 valence electrons. The molecule has 0 N–H and O–H groups in total. The highest BCUT2D eigenvalue weighted by Gasteiger charge is 2.03. The molecule has 1 aromatic heterocycles. The molecule has 19 heavy (non-hydrogen) atoms. The Balaban J connectivity index is 2.19. The summed E-state index contributed by atoms with van der Waals surface area (Å²) in [6.07, 6.45) is 2.86. The van der Waals surface area contributed by atoms with Gasteiger partial charge < -0.3 is 0 Å². The molecule has 0 saturated heterocycles. The van der Waals surface area contributed by atoms with Crippen molar-refractivity contribution in [1.29, 1.82) is 0 Å². The van der Waals surface area contributed by atoms with E-state index in [1.807, 2.05) is 6.07 Å². The molecule has 0 spiro atoms. The van der Waals surface area contributed by atoms with E-state index in [4.69, 9.17) is 0 Å². The summed E-state index contributed by atoms with van der Waals surface area (Å²) in [5, 5.41) is 0. The van der Waals surface area contributed by atoms with Crippen LogP contribution >= 0.6 is 0 Å². The first-order valence-corrected chi connectivity index (χ1v) is 6.62. The normalized spacial score (nSPS) is 10.7. The molecule has 1 aromatic carbocycles. The predicted molar refractivity (Wildman–Crippen MR) is 78.2 cm³/mol. The zero-order valence-electron chi connectivity index (χ0n) is 11.7. The maximum atomic E-state index is 11.2. The summed E-state index contributed by atoms with van der Waals surface area (Å²) in [6.45, 7) is 5.97. The molecular formula is C17H19NO. The standard InChI is InChI=1S/C17H19NO/c1-12(2)10-14-4-6-15(7-5-14)16-8-9-17(13(3)19)18-11-16/h4-9,11-12H,10H2,1-3H3. The van der Waals surface area contributed by atoms with Crippen LogP contribution in [0.5, 0.6) is 0 Å². The maximum Gasteiger partial charge on any atom is 0.178 e. The van der Waals surface area contributed by atoms with Crippen LogP contribution in [-0.2, 0) is 6.42 Å². The van der Waals surface area contributed by atoms with Gasteiger partial charge in [0.25, 0.3) is 0 Å². The Kier molecular flexibility index (Phi) is 4.10. The summed E-state index contributed by atoms with van der Waals surface area (Å²) in [4.78, 5) is 15.4. The van der Waals surface area contributed by atoms with Crippen molar-refractivity contribution in [2.24, 2.45) is 5.92 Å². The number of benzene rings is 1. The zero-order chi connectivity index (χ0) is 13.8. The van der Waals surface area contributed by atoms with Crippen LogP contribution in [-0.4, -0.2) is 10.8 Å². The second-order valence-electron chi connectivity index (χ2n) is 5.28. The van der Waals surface area contributed by atoms with Gasteiger partial charge in [-0.25, -0.2) is 0 Å². The number of rotatable bonds is 4. The summed E-state index contributed by atoms with van der Waals surface area (Å²) in [6, 6.07) is 12.3. The molecule has 0 atom stereocenters. The molecule has 0 fully saturated rings. The Morgan fingerprint density at radius 1 is 1.05 bits per heavy atom. The van der Waals surface area contributed by atoms with Crippen LogP contribution in [0.1, 0.15) is 36.8 Å². The lowest BCUT2D eigenvalue weighted by atomic mass is 10.00. The lowest BCUT2D eigenvalue weighted by molar-refractivity contribution is 0.101. The van der Waals surface area contributed by atoms with Crippen LogP contribution < -0.4 is 0 Å². The van der Waals surface area contributed by atoms with Crippen LogP contribution in [0.3, 0.4) is 0 Å². The third-order valence-corrected chi connectivity index (χ3v) is 3.06. The first-order chi connectivity index (χ1) is 9.06. The van der Waals surface area contributed by atoms with Gasteiger partial charge >= 0.3 is 0 Å². The van der Waals surface area contributed by atoms with E-state index in [1.165, 1.54) is 12.5 Å². The average molecular weight is 253 g/mol. The first kappa shape index (κ1) is 13.5. The minimum absolute atomic E-state index is 0.00108. The van der Waals surface area contributed by atoms with Gasteiger partial charge in [0.05, 0.1) is 0 Å². The van der Waals surface area contributed by atoms with Gasteiger partial charge in [0, 0.05) is 18.7 Å². The largest absolute Gasteiger partial charge is 0.293 e. The zero-order valence-corrected chi connectivity index (χ0v) is 11.7. The SMILES string of the molecule is CC(=O)c1ccc(-c2ccc(CC(C)C)cc2)cn1. The number of carbonyl (C=O) groups excluding carboxylic acids is 1. The molecular weight excluding hydrogens is 234 g/mol. The van der Waals surface area contributed by atoms with Crippen LogP contribution in [0.25, 0.3) is 11.1 Å². The average Bonchev–Trinajstić information content (AvgIpc) is 2.39. The molecule has 0 aliphatic rings. The van der Waals surface area contributed by atoms with Gasteiger partial charge in [0.1, 0.15) is 5.69 Å². The fraction of sp³-hybridized carbons (Fsp3) is 0.294. The van der Waals surface area contributed by atoms with Crippen molar-refractivity contribution in [2.45, 2.75) is 27.2 Å². The van der Waals surface area contributed by atoms with Crippen molar-refractivity contribution >= 4 is 5.78 Å². The molecule has 0 amide bonds. The molecule has 2 rings (SSSR count). The number of nitrogens with zero attached hydrogens (tertiary/aromatic N) is 1. The van der Waals surface area contributed by atoms with Crippen LogP contribution in [0, 0.1) is 5.92 Å². The quantitative estimate of drug-likeness (QED) is 0.766. The Morgan fingerprint density at radius 2 is 1.68 bits per heavy atom.